The maximum atomic E-state index is 12.0. The first-order valence-corrected chi connectivity index (χ1v) is 7.07. The first kappa shape index (κ1) is 17.7. The van der Waals surface area contributed by atoms with Crippen LogP contribution in [-0.2, 0) is 9.53 Å². The van der Waals surface area contributed by atoms with Crippen LogP contribution >= 0.6 is 0 Å². The second-order valence-corrected chi connectivity index (χ2v) is 5.13. The van der Waals surface area contributed by atoms with Gasteiger partial charge in [0.1, 0.15) is 0 Å². The van der Waals surface area contributed by atoms with E-state index in [2.05, 4.69) is 0 Å². The number of carboxylic acid groups (broad SMARTS) is 1. The number of amides is 1. The van der Waals surface area contributed by atoms with Gasteiger partial charge in [0.2, 0.25) is 0 Å². The molecule has 19 heavy (non-hydrogen) atoms. The number of carboxylic acids is 1. The van der Waals surface area contributed by atoms with Crippen LogP contribution in [0.3, 0.4) is 0 Å². The molecule has 5 heteroatoms. The molecule has 5 nitrogen and oxygen atoms in total. The normalized spacial score (nSPS) is 12.3. The van der Waals surface area contributed by atoms with Crippen LogP contribution in [0.4, 0.5) is 4.79 Å². The molecule has 0 spiro atoms. The Hall–Kier alpha value is -1.26. The van der Waals surface area contributed by atoms with E-state index in [1.165, 1.54) is 0 Å². The van der Waals surface area contributed by atoms with E-state index in [-0.39, 0.29) is 12.5 Å². The first-order chi connectivity index (χ1) is 8.92. The Morgan fingerprint density at radius 1 is 1.26 bits per heavy atom. The summed E-state index contributed by atoms with van der Waals surface area (Å²) in [6.07, 6.45) is 2.06. The van der Waals surface area contributed by atoms with Gasteiger partial charge < -0.3 is 14.7 Å². The van der Waals surface area contributed by atoms with Gasteiger partial charge in [0.25, 0.3) is 0 Å². The number of rotatable bonds is 9. The second-order valence-electron chi connectivity index (χ2n) is 5.13. The highest BCUT2D eigenvalue weighted by Gasteiger charge is 2.27. The van der Waals surface area contributed by atoms with Crippen molar-refractivity contribution < 1.29 is 19.4 Å². The SMILES string of the molecule is CCCCN(C(=O)OCC)C(CC(=O)O)CC(C)C. The predicted octanol–water partition coefficient (Wildman–Crippen LogP) is 3.13. The number of unbranched alkanes of at least 4 members (excludes halogenated alkanes) is 1. The predicted molar refractivity (Wildman–Crippen MR) is 74.1 cm³/mol. The molecule has 0 aliphatic carbocycles. The van der Waals surface area contributed by atoms with Crippen molar-refractivity contribution in [3.63, 3.8) is 0 Å². The van der Waals surface area contributed by atoms with Crippen LogP contribution < -0.4 is 0 Å². The van der Waals surface area contributed by atoms with Crippen molar-refractivity contribution in [2.24, 2.45) is 5.92 Å². The fourth-order valence-electron chi connectivity index (χ4n) is 2.02. The van der Waals surface area contributed by atoms with Crippen LogP contribution in [0, 0.1) is 5.92 Å². The van der Waals surface area contributed by atoms with E-state index in [0.29, 0.717) is 25.5 Å². The quantitative estimate of drug-likeness (QED) is 0.701. The zero-order valence-corrected chi connectivity index (χ0v) is 12.5. The fourth-order valence-corrected chi connectivity index (χ4v) is 2.02. The van der Waals surface area contributed by atoms with Gasteiger partial charge in [-0.1, -0.05) is 27.2 Å². The van der Waals surface area contributed by atoms with Crippen molar-refractivity contribution in [2.45, 2.75) is 59.4 Å². The topological polar surface area (TPSA) is 66.8 Å². The fraction of sp³-hybridized carbons (Fsp3) is 0.857. The molecule has 0 radical (unpaired) electrons. The van der Waals surface area contributed by atoms with Crippen LogP contribution in [-0.4, -0.2) is 41.3 Å². The Bertz CT molecular complexity index is 279. The standard InChI is InChI=1S/C14H27NO4/c1-5-7-8-15(14(18)19-6-2)12(9-11(3)4)10-13(16)17/h11-12H,5-10H2,1-4H3,(H,16,17). The van der Waals surface area contributed by atoms with Gasteiger partial charge in [-0.3, -0.25) is 4.79 Å². The number of hydrogen-bond acceptors (Lipinski definition) is 3. The number of ether oxygens (including phenoxy) is 1. The summed E-state index contributed by atoms with van der Waals surface area (Å²) < 4.78 is 5.04. The smallest absolute Gasteiger partial charge is 0.410 e. The Morgan fingerprint density at radius 3 is 2.32 bits per heavy atom. The Kier molecular flexibility index (Phi) is 9.00. The van der Waals surface area contributed by atoms with Crippen molar-refractivity contribution in [2.75, 3.05) is 13.2 Å². The Balaban J connectivity index is 4.86. The lowest BCUT2D eigenvalue weighted by molar-refractivity contribution is -0.138. The van der Waals surface area contributed by atoms with Gasteiger partial charge in [0.15, 0.2) is 0 Å². The number of aliphatic carboxylic acids is 1. The summed E-state index contributed by atoms with van der Waals surface area (Å²) in [5, 5.41) is 9.00. The zero-order valence-electron chi connectivity index (χ0n) is 12.5. The van der Waals surface area contributed by atoms with Crippen LogP contribution in [0.1, 0.15) is 53.4 Å². The molecular formula is C14H27NO4. The molecule has 0 fully saturated rings. The molecule has 0 aromatic carbocycles. The lowest BCUT2D eigenvalue weighted by Gasteiger charge is -2.31. The highest BCUT2D eigenvalue weighted by atomic mass is 16.6. The summed E-state index contributed by atoms with van der Waals surface area (Å²) in [5.41, 5.74) is 0. The van der Waals surface area contributed by atoms with E-state index in [9.17, 15) is 9.59 Å². The molecule has 0 aliphatic heterocycles. The van der Waals surface area contributed by atoms with Gasteiger partial charge in [-0.25, -0.2) is 4.79 Å². The molecule has 1 amide bonds. The summed E-state index contributed by atoms with van der Waals surface area (Å²) in [6, 6.07) is -0.289. The lowest BCUT2D eigenvalue weighted by atomic mass is 9.99. The molecule has 0 saturated heterocycles. The third-order valence-electron chi connectivity index (χ3n) is 2.85. The minimum absolute atomic E-state index is 0.0271. The highest BCUT2D eigenvalue weighted by molar-refractivity contribution is 5.71. The monoisotopic (exact) mass is 273 g/mol. The molecule has 0 aliphatic rings. The van der Waals surface area contributed by atoms with Gasteiger partial charge in [-0.2, -0.15) is 0 Å². The maximum absolute atomic E-state index is 12.0. The van der Waals surface area contributed by atoms with Crippen LogP contribution in [0.5, 0.6) is 0 Å². The minimum Gasteiger partial charge on any atom is -0.481 e. The zero-order chi connectivity index (χ0) is 14.8. The molecule has 1 atom stereocenters. The van der Waals surface area contributed by atoms with Crippen LogP contribution in [0.25, 0.3) is 0 Å². The van der Waals surface area contributed by atoms with Gasteiger partial charge in [0.05, 0.1) is 13.0 Å². The molecule has 1 N–H and O–H groups in total. The second kappa shape index (κ2) is 9.64. The van der Waals surface area contributed by atoms with Gasteiger partial charge in [-0.05, 0) is 25.7 Å². The summed E-state index contributed by atoms with van der Waals surface area (Å²) in [7, 11) is 0. The molecule has 0 heterocycles. The number of nitrogens with zero attached hydrogens (tertiary/aromatic N) is 1. The van der Waals surface area contributed by atoms with E-state index in [1.54, 1.807) is 11.8 Å². The van der Waals surface area contributed by atoms with E-state index in [0.717, 1.165) is 12.8 Å². The molecule has 0 aromatic rings. The Labute approximate surface area is 115 Å². The van der Waals surface area contributed by atoms with Gasteiger partial charge >= 0.3 is 12.1 Å². The van der Waals surface area contributed by atoms with E-state index in [4.69, 9.17) is 9.84 Å². The van der Waals surface area contributed by atoms with Gasteiger partial charge in [0, 0.05) is 12.6 Å². The average molecular weight is 273 g/mol. The minimum atomic E-state index is -0.878. The summed E-state index contributed by atoms with van der Waals surface area (Å²) in [5.74, 6) is -0.542. The van der Waals surface area contributed by atoms with Crippen LogP contribution in [0.2, 0.25) is 0 Å². The first-order valence-electron chi connectivity index (χ1n) is 7.07. The molecule has 112 valence electrons. The van der Waals surface area contributed by atoms with Crippen molar-refractivity contribution in [1.82, 2.24) is 4.90 Å². The molecule has 0 rings (SSSR count). The number of carbonyl (C=O) groups is 2. The maximum Gasteiger partial charge on any atom is 0.410 e. The van der Waals surface area contributed by atoms with E-state index < -0.39 is 12.1 Å². The van der Waals surface area contributed by atoms with Crippen molar-refractivity contribution in [3.05, 3.63) is 0 Å². The number of carbonyl (C=O) groups excluding carboxylic acids is 1. The van der Waals surface area contributed by atoms with Crippen molar-refractivity contribution in [1.29, 1.82) is 0 Å². The van der Waals surface area contributed by atoms with Crippen molar-refractivity contribution in [3.8, 4) is 0 Å². The largest absolute Gasteiger partial charge is 0.481 e. The third kappa shape index (κ3) is 7.70. The molecule has 0 saturated carbocycles. The summed E-state index contributed by atoms with van der Waals surface area (Å²) >= 11 is 0. The molecule has 0 bridgehead atoms. The summed E-state index contributed by atoms with van der Waals surface area (Å²) in [4.78, 5) is 24.5. The third-order valence-corrected chi connectivity index (χ3v) is 2.85. The molecule has 0 aromatic heterocycles. The summed E-state index contributed by atoms with van der Waals surface area (Å²) in [6.45, 7) is 8.71. The average Bonchev–Trinajstić information content (AvgIpc) is 2.28. The van der Waals surface area contributed by atoms with Gasteiger partial charge in [-0.15, -0.1) is 0 Å². The molecule has 1 unspecified atom stereocenters. The highest BCUT2D eigenvalue weighted by Crippen LogP contribution is 2.17. The Morgan fingerprint density at radius 2 is 1.89 bits per heavy atom. The van der Waals surface area contributed by atoms with Crippen LogP contribution in [0.15, 0.2) is 0 Å². The van der Waals surface area contributed by atoms with E-state index in [1.807, 2.05) is 20.8 Å². The molecular weight excluding hydrogens is 246 g/mol. The van der Waals surface area contributed by atoms with Crippen molar-refractivity contribution >= 4 is 12.1 Å². The lowest BCUT2D eigenvalue weighted by Crippen LogP contribution is -2.43. The number of hydrogen-bond donors (Lipinski definition) is 1. The van der Waals surface area contributed by atoms with E-state index >= 15 is 0 Å².